The number of nitrogens with two attached hydrogens (primary N) is 1. The van der Waals surface area contributed by atoms with Crippen molar-refractivity contribution in [3.8, 4) is 0 Å². The molecule has 44 valence electrons. The molecule has 0 saturated carbocycles. The molecule has 0 saturated heterocycles. The molecular weight excluding hydrogens is 106 g/mol. The molecule has 0 aromatic rings. The van der Waals surface area contributed by atoms with Gasteiger partial charge < -0.3 is 10.5 Å². The van der Waals surface area contributed by atoms with Crippen LogP contribution in [0.15, 0.2) is 25.0 Å². The number of carbonyl (C=O) groups is 1. The molecule has 3 nitrogen and oxygen atoms in total. The fourth-order valence-electron chi connectivity index (χ4n) is 0.162. The second kappa shape index (κ2) is 3.92. The summed E-state index contributed by atoms with van der Waals surface area (Å²) in [6.45, 7) is 3.34. The number of primary amides is 1. The maximum atomic E-state index is 9.79. The van der Waals surface area contributed by atoms with Crippen molar-refractivity contribution in [1.82, 2.24) is 0 Å². The summed E-state index contributed by atoms with van der Waals surface area (Å²) >= 11 is 0. The van der Waals surface area contributed by atoms with E-state index in [1.54, 1.807) is 0 Å². The van der Waals surface area contributed by atoms with Crippen LogP contribution in [-0.2, 0) is 4.74 Å². The van der Waals surface area contributed by atoms with Gasteiger partial charge in [-0.15, -0.1) is 0 Å². The van der Waals surface area contributed by atoms with Gasteiger partial charge in [-0.3, -0.25) is 0 Å². The molecule has 1 amide bonds. The van der Waals surface area contributed by atoms with Crippen LogP contribution in [-0.4, -0.2) is 6.09 Å². The predicted octanol–water partition coefficient (Wildman–Crippen LogP) is 0.781. The van der Waals surface area contributed by atoms with Gasteiger partial charge in [-0.25, -0.2) is 4.79 Å². The summed E-state index contributed by atoms with van der Waals surface area (Å²) in [5.41, 5.74) is 4.59. The van der Waals surface area contributed by atoms with Crippen LogP contribution in [0.4, 0.5) is 4.79 Å². The first kappa shape index (κ1) is 6.75. The predicted molar refractivity (Wildman–Crippen MR) is 30.0 cm³/mol. The fraction of sp³-hybridized carbons (Fsp3) is 0. The molecule has 0 fully saturated rings. The van der Waals surface area contributed by atoms with E-state index in [2.05, 4.69) is 17.0 Å². The van der Waals surface area contributed by atoms with Crippen molar-refractivity contribution in [3.05, 3.63) is 25.0 Å². The molecule has 0 heterocycles. The maximum Gasteiger partial charge on any atom is 0.409 e. The van der Waals surface area contributed by atoms with Crippen LogP contribution in [0.5, 0.6) is 0 Å². The third kappa shape index (κ3) is 4.75. The Morgan fingerprint density at radius 2 is 2.38 bits per heavy atom. The highest BCUT2D eigenvalue weighted by molar-refractivity contribution is 5.65. The molecule has 3 heteroatoms. The van der Waals surface area contributed by atoms with Gasteiger partial charge in [0.05, 0.1) is 6.26 Å². The highest BCUT2D eigenvalue weighted by Crippen LogP contribution is 1.75. The van der Waals surface area contributed by atoms with Crippen LogP contribution in [0.25, 0.3) is 0 Å². The van der Waals surface area contributed by atoms with Gasteiger partial charge in [-0.2, -0.15) is 0 Å². The molecule has 0 unspecified atom stereocenters. The van der Waals surface area contributed by atoms with Gasteiger partial charge in [0.2, 0.25) is 0 Å². The quantitative estimate of drug-likeness (QED) is 0.425. The number of amides is 1. The topological polar surface area (TPSA) is 52.3 Å². The molecule has 0 rings (SSSR count). The normalized spacial score (nSPS) is 9.00. The lowest BCUT2D eigenvalue weighted by molar-refractivity contribution is 0.196. The summed E-state index contributed by atoms with van der Waals surface area (Å²) in [5.74, 6) is 0. The summed E-state index contributed by atoms with van der Waals surface area (Å²) < 4.78 is 4.17. The van der Waals surface area contributed by atoms with Crippen molar-refractivity contribution in [3.63, 3.8) is 0 Å². The van der Waals surface area contributed by atoms with E-state index in [-0.39, 0.29) is 0 Å². The highest BCUT2D eigenvalue weighted by atomic mass is 16.5. The Kier molecular flexibility index (Phi) is 3.31. The van der Waals surface area contributed by atoms with E-state index < -0.39 is 6.09 Å². The Bertz CT molecular complexity index is 118. The van der Waals surface area contributed by atoms with Crippen molar-refractivity contribution >= 4 is 6.09 Å². The molecule has 0 aliphatic carbocycles. The van der Waals surface area contributed by atoms with E-state index in [0.29, 0.717) is 0 Å². The molecule has 0 aliphatic heterocycles. The Labute approximate surface area is 47.4 Å². The van der Waals surface area contributed by atoms with E-state index in [1.807, 2.05) is 0 Å². The molecule has 0 atom stereocenters. The smallest absolute Gasteiger partial charge is 0.409 e. The Morgan fingerprint density at radius 1 is 1.75 bits per heavy atom. The van der Waals surface area contributed by atoms with Crippen molar-refractivity contribution in [2.45, 2.75) is 0 Å². The second-order valence-corrected chi connectivity index (χ2v) is 1.00. The average molecular weight is 113 g/mol. The lowest BCUT2D eigenvalue weighted by atomic mass is 10.6. The summed E-state index contributed by atoms with van der Waals surface area (Å²) in [7, 11) is 0. The number of hydrogen-bond donors (Lipinski definition) is 1. The summed E-state index contributed by atoms with van der Waals surface area (Å²) in [5, 5.41) is 0. The number of ether oxygens (including phenoxy) is 1. The number of allylic oxidation sites excluding steroid dienone is 2. The van der Waals surface area contributed by atoms with Crippen LogP contribution >= 0.6 is 0 Å². The van der Waals surface area contributed by atoms with Gasteiger partial charge in [-0.1, -0.05) is 12.7 Å². The molecule has 0 aliphatic rings. The lowest BCUT2D eigenvalue weighted by Crippen LogP contribution is -2.08. The molecule has 0 radical (unpaired) electrons. The van der Waals surface area contributed by atoms with Crippen molar-refractivity contribution in [2.24, 2.45) is 5.73 Å². The average Bonchev–Trinajstić information content (AvgIpc) is 1.66. The standard InChI is InChI=1S/C5H7NO2/c1-2-3-4-8-5(6)7/h2-4H,1H2,(H2,6,7)/b4-3+. The molecular formula is C5H7NO2. The molecule has 8 heavy (non-hydrogen) atoms. The molecule has 0 aromatic carbocycles. The third-order valence-corrected chi connectivity index (χ3v) is 0.399. The minimum atomic E-state index is -0.817. The third-order valence-electron chi connectivity index (χ3n) is 0.399. The molecule has 2 N–H and O–H groups in total. The van der Waals surface area contributed by atoms with Gasteiger partial charge in [0.25, 0.3) is 0 Å². The summed E-state index contributed by atoms with van der Waals surface area (Å²) in [6, 6.07) is 0. The Morgan fingerprint density at radius 3 is 2.75 bits per heavy atom. The van der Waals surface area contributed by atoms with Crippen molar-refractivity contribution < 1.29 is 9.53 Å². The molecule has 0 bridgehead atoms. The number of carbonyl (C=O) groups excluding carboxylic acids is 1. The van der Waals surface area contributed by atoms with E-state index in [4.69, 9.17) is 0 Å². The van der Waals surface area contributed by atoms with Crippen LogP contribution in [0.2, 0.25) is 0 Å². The van der Waals surface area contributed by atoms with Gasteiger partial charge in [0.1, 0.15) is 0 Å². The Hall–Kier alpha value is -1.25. The van der Waals surface area contributed by atoms with Crippen molar-refractivity contribution in [1.29, 1.82) is 0 Å². The molecule has 0 aromatic heterocycles. The van der Waals surface area contributed by atoms with E-state index in [1.165, 1.54) is 12.2 Å². The lowest BCUT2D eigenvalue weighted by Gasteiger charge is -1.85. The van der Waals surface area contributed by atoms with E-state index >= 15 is 0 Å². The first-order valence-corrected chi connectivity index (χ1v) is 2.01. The van der Waals surface area contributed by atoms with Gasteiger partial charge in [-0.05, 0) is 6.08 Å². The van der Waals surface area contributed by atoms with Gasteiger partial charge in [0, 0.05) is 0 Å². The van der Waals surface area contributed by atoms with Crippen LogP contribution in [0.1, 0.15) is 0 Å². The van der Waals surface area contributed by atoms with E-state index in [9.17, 15) is 4.79 Å². The van der Waals surface area contributed by atoms with Crippen LogP contribution in [0, 0.1) is 0 Å². The molecule has 0 spiro atoms. The second-order valence-electron chi connectivity index (χ2n) is 1.00. The minimum Gasteiger partial charge on any atom is -0.418 e. The van der Waals surface area contributed by atoms with E-state index in [0.717, 1.165) is 6.26 Å². The largest absolute Gasteiger partial charge is 0.418 e. The first-order chi connectivity index (χ1) is 3.77. The highest BCUT2D eigenvalue weighted by Gasteiger charge is 1.81. The minimum absolute atomic E-state index is 0.817. The van der Waals surface area contributed by atoms with Gasteiger partial charge >= 0.3 is 6.09 Å². The zero-order valence-corrected chi connectivity index (χ0v) is 4.33. The zero-order valence-electron chi connectivity index (χ0n) is 4.33. The number of rotatable bonds is 2. The fourth-order valence-corrected chi connectivity index (χ4v) is 0.162. The SMILES string of the molecule is C=C/C=C/OC(N)=O. The summed E-state index contributed by atoms with van der Waals surface area (Å²) in [6.07, 6.45) is 3.28. The maximum absolute atomic E-state index is 9.79. The first-order valence-electron chi connectivity index (χ1n) is 2.01. The van der Waals surface area contributed by atoms with Crippen LogP contribution in [0.3, 0.4) is 0 Å². The monoisotopic (exact) mass is 113 g/mol. The van der Waals surface area contributed by atoms with Crippen LogP contribution < -0.4 is 5.73 Å². The van der Waals surface area contributed by atoms with Crippen molar-refractivity contribution in [2.75, 3.05) is 0 Å². The van der Waals surface area contributed by atoms with Gasteiger partial charge in [0.15, 0.2) is 0 Å². The Balaban J connectivity index is 3.29. The number of hydrogen-bond acceptors (Lipinski definition) is 2. The summed E-state index contributed by atoms with van der Waals surface area (Å²) in [4.78, 5) is 9.79. The zero-order chi connectivity index (χ0) is 6.41.